The molecule has 1 heterocycles. The Bertz CT molecular complexity index is 1270. The molecular formula is C24H17F4NO4. The summed E-state index contributed by atoms with van der Waals surface area (Å²) in [5.74, 6) is -2.62. The monoisotopic (exact) mass is 459 g/mol. The van der Waals surface area contributed by atoms with Gasteiger partial charge in [-0.05, 0) is 60.0 Å². The molecule has 0 saturated carbocycles. The van der Waals surface area contributed by atoms with Gasteiger partial charge in [0, 0.05) is 5.56 Å². The molecule has 3 aromatic rings. The zero-order valence-electron chi connectivity index (χ0n) is 17.2. The van der Waals surface area contributed by atoms with Crippen molar-refractivity contribution in [3.05, 3.63) is 88.2 Å². The van der Waals surface area contributed by atoms with Gasteiger partial charge in [-0.15, -0.1) is 0 Å². The number of aryl methyl sites for hydroxylation is 1. The number of rotatable bonds is 3. The summed E-state index contributed by atoms with van der Waals surface area (Å²) in [6.45, 7) is 1.54. The minimum atomic E-state index is -4.72. The highest BCUT2D eigenvalue weighted by molar-refractivity contribution is 5.95. The van der Waals surface area contributed by atoms with Gasteiger partial charge in [0.1, 0.15) is 11.6 Å². The second kappa shape index (κ2) is 8.23. The first-order valence-electron chi connectivity index (χ1n) is 9.80. The molecule has 1 amide bonds. The SMILES string of the molecule is Cc1ccc(-c2ccc3c(c2)CN(C(=O)c2ccc(C(F)(F)F)cc2F)CO3)cc1C(=O)O. The van der Waals surface area contributed by atoms with Crippen LogP contribution in [0.25, 0.3) is 11.1 Å². The van der Waals surface area contributed by atoms with E-state index in [1.54, 1.807) is 43.3 Å². The third-order valence-corrected chi connectivity index (χ3v) is 5.41. The Morgan fingerprint density at radius 3 is 2.33 bits per heavy atom. The number of ether oxygens (including phenoxy) is 1. The van der Waals surface area contributed by atoms with E-state index in [1.807, 2.05) is 0 Å². The molecule has 0 saturated heterocycles. The number of aromatic carboxylic acids is 1. The van der Waals surface area contributed by atoms with E-state index in [2.05, 4.69) is 0 Å². The lowest BCUT2D eigenvalue weighted by Gasteiger charge is -2.29. The number of hydrogen-bond donors (Lipinski definition) is 1. The van der Waals surface area contributed by atoms with Crippen LogP contribution >= 0.6 is 0 Å². The fraction of sp³-hybridized carbons (Fsp3) is 0.167. The van der Waals surface area contributed by atoms with E-state index in [0.29, 0.717) is 40.1 Å². The van der Waals surface area contributed by atoms with Crippen molar-refractivity contribution in [3.8, 4) is 16.9 Å². The molecule has 0 aliphatic carbocycles. The van der Waals surface area contributed by atoms with E-state index in [9.17, 15) is 32.3 Å². The van der Waals surface area contributed by atoms with Crippen LogP contribution in [0.15, 0.2) is 54.6 Å². The number of alkyl halides is 3. The summed E-state index contributed by atoms with van der Waals surface area (Å²) < 4.78 is 58.2. The van der Waals surface area contributed by atoms with Gasteiger partial charge in [-0.25, -0.2) is 9.18 Å². The number of hydrogen-bond acceptors (Lipinski definition) is 3. The van der Waals surface area contributed by atoms with Gasteiger partial charge in [0.15, 0.2) is 6.73 Å². The molecule has 5 nitrogen and oxygen atoms in total. The predicted octanol–water partition coefficient (Wildman–Crippen LogP) is 5.51. The molecule has 1 aliphatic heterocycles. The Labute approximate surface area is 185 Å². The number of fused-ring (bicyclic) bond motifs is 1. The van der Waals surface area contributed by atoms with E-state index in [-0.39, 0.29) is 18.8 Å². The topological polar surface area (TPSA) is 66.8 Å². The quantitative estimate of drug-likeness (QED) is 0.525. The summed E-state index contributed by atoms with van der Waals surface area (Å²) in [6, 6.07) is 11.9. The molecule has 0 spiro atoms. The summed E-state index contributed by atoms with van der Waals surface area (Å²) in [5, 5.41) is 9.36. The summed E-state index contributed by atoms with van der Waals surface area (Å²) >= 11 is 0. The van der Waals surface area contributed by atoms with Crippen LogP contribution in [0.1, 0.15) is 37.4 Å². The number of carbonyl (C=O) groups is 2. The van der Waals surface area contributed by atoms with Crippen molar-refractivity contribution in [1.82, 2.24) is 4.90 Å². The van der Waals surface area contributed by atoms with Crippen LogP contribution < -0.4 is 4.74 Å². The highest BCUT2D eigenvalue weighted by Crippen LogP contribution is 2.33. The van der Waals surface area contributed by atoms with E-state index in [4.69, 9.17) is 4.74 Å². The van der Waals surface area contributed by atoms with Crippen LogP contribution in [0, 0.1) is 12.7 Å². The normalized spacial score (nSPS) is 13.3. The molecule has 170 valence electrons. The van der Waals surface area contributed by atoms with Gasteiger partial charge in [0.25, 0.3) is 5.91 Å². The first-order valence-corrected chi connectivity index (χ1v) is 9.80. The lowest BCUT2D eigenvalue weighted by atomic mass is 9.97. The molecule has 33 heavy (non-hydrogen) atoms. The van der Waals surface area contributed by atoms with Gasteiger partial charge in [-0.1, -0.05) is 18.2 Å². The van der Waals surface area contributed by atoms with Crippen LogP contribution in [0.3, 0.4) is 0 Å². The number of carbonyl (C=O) groups excluding carboxylic acids is 1. The third kappa shape index (κ3) is 4.39. The number of nitrogens with zero attached hydrogens (tertiary/aromatic N) is 1. The maximum absolute atomic E-state index is 14.3. The van der Waals surface area contributed by atoms with Gasteiger partial charge in [-0.2, -0.15) is 13.2 Å². The van der Waals surface area contributed by atoms with Crippen LogP contribution in [0.5, 0.6) is 5.75 Å². The predicted molar refractivity (Wildman–Crippen MR) is 110 cm³/mol. The molecule has 0 atom stereocenters. The number of amides is 1. The second-order valence-electron chi connectivity index (χ2n) is 7.63. The Balaban J connectivity index is 1.61. The van der Waals surface area contributed by atoms with Crippen molar-refractivity contribution in [2.45, 2.75) is 19.6 Å². The van der Waals surface area contributed by atoms with E-state index in [0.717, 1.165) is 6.07 Å². The molecule has 4 rings (SSSR count). The molecule has 0 radical (unpaired) electrons. The lowest BCUT2D eigenvalue weighted by Crippen LogP contribution is -2.37. The Kier molecular flexibility index (Phi) is 5.57. The van der Waals surface area contributed by atoms with Crippen molar-refractivity contribution >= 4 is 11.9 Å². The highest BCUT2D eigenvalue weighted by Gasteiger charge is 2.32. The van der Waals surface area contributed by atoms with Gasteiger partial charge < -0.3 is 14.7 Å². The van der Waals surface area contributed by atoms with E-state index in [1.165, 1.54) is 4.90 Å². The van der Waals surface area contributed by atoms with Gasteiger partial charge in [-0.3, -0.25) is 4.79 Å². The zero-order chi connectivity index (χ0) is 23.9. The minimum absolute atomic E-state index is 0.0418. The average molecular weight is 459 g/mol. The van der Waals surface area contributed by atoms with Crippen molar-refractivity contribution in [3.63, 3.8) is 0 Å². The van der Waals surface area contributed by atoms with Crippen molar-refractivity contribution in [2.75, 3.05) is 6.73 Å². The number of carboxylic acids is 1. The van der Waals surface area contributed by atoms with Crippen LogP contribution in [0.2, 0.25) is 0 Å². The molecule has 0 bridgehead atoms. The number of benzene rings is 3. The molecular weight excluding hydrogens is 442 g/mol. The first kappa shape index (κ1) is 22.3. The van der Waals surface area contributed by atoms with Crippen molar-refractivity contribution < 1.29 is 37.0 Å². The second-order valence-corrected chi connectivity index (χ2v) is 7.63. The summed E-state index contributed by atoms with van der Waals surface area (Å²) in [5.41, 5.74) is 1.04. The standard InChI is InChI=1S/C24H17F4NO4/c1-13-2-3-15(9-19(13)23(31)32)14-4-7-21-16(8-14)11-29(12-33-21)22(30)18-6-5-17(10-20(18)25)24(26,27)28/h2-10H,11-12H2,1H3,(H,31,32). The number of halogens is 4. The molecule has 0 aromatic heterocycles. The fourth-order valence-electron chi connectivity index (χ4n) is 3.62. The Morgan fingerprint density at radius 2 is 1.67 bits per heavy atom. The zero-order valence-corrected chi connectivity index (χ0v) is 17.2. The van der Waals surface area contributed by atoms with Gasteiger partial charge >= 0.3 is 12.1 Å². The molecule has 9 heteroatoms. The largest absolute Gasteiger partial charge is 0.478 e. The van der Waals surface area contributed by atoms with Crippen molar-refractivity contribution in [1.29, 1.82) is 0 Å². The fourth-order valence-corrected chi connectivity index (χ4v) is 3.62. The number of carboxylic acid groups (broad SMARTS) is 1. The van der Waals surface area contributed by atoms with Crippen LogP contribution in [-0.2, 0) is 12.7 Å². The maximum Gasteiger partial charge on any atom is 0.416 e. The van der Waals surface area contributed by atoms with Gasteiger partial charge in [0.05, 0.1) is 23.2 Å². The molecule has 1 aliphatic rings. The molecule has 1 N–H and O–H groups in total. The van der Waals surface area contributed by atoms with E-state index < -0.39 is 35.0 Å². The lowest BCUT2D eigenvalue weighted by molar-refractivity contribution is -0.137. The summed E-state index contributed by atoms with van der Waals surface area (Å²) in [6.07, 6.45) is -4.72. The maximum atomic E-state index is 14.3. The Hall–Kier alpha value is -3.88. The van der Waals surface area contributed by atoms with Gasteiger partial charge in [0.2, 0.25) is 0 Å². The Morgan fingerprint density at radius 1 is 0.970 bits per heavy atom. The van der Waals surface area contributed by atoms with Crippen LogP contribution in [-0.4, -0.2) is 28.6 Å². The van der Waals surface area contributed by atoms with E-state index >= 15 is 0 Å². The summed E-state index contributed by atoms with van der Waals surface area (Å²) in [4.78, 5) is 25.4. The van der Waals surface area contributed by atoms with Crippen molar-refractivity contribution in [2.24, 2.45) is 0 Å². The average Bonchev–Trinajstić information content (AvgIpc) is 2.77. The summed E-state index contributed by atoms with van der Waals surface area (Å²) in [7, 11) is 0. The highest BCUT2D eigenvalue weighted by atomic mass is 19.4. The third-order valence-electron chi connectivity index (χ3n) is 5.41. The molecule has 0 fully saturated rings. The van der Waals surface area contributed by atoms with Crippen LogP contribution in [0.4, 0.5) is 17.6 Å². The molecule has 0 unspecified atom stereocenters. The smallest absolute Gasteiger partial charge is 0.416 e. The first-order chi connectivity index (χ1) is 15.5. The minimum Gasteiger partial charge on any atom is -0.478 e. The molecule has 3 aromatic carbocycles.